The highest BCUT2D eigenvalue weighted by molar-refractivity contribution is 5.72. The zero-order valence-electron chi connectivity index (χ0n) is 13.7. The maximum absolute atomic E-state index is 12.2. The summed E-state index contributed by atoms with van der Waals surface area (Å²) >= 11 is 0. The first-order valence-corrected chi connectivity index (χ1v) is 7.50. The van der Waals surface area contributed by atoms with Gasteiger partial charge < -0.3 is 25.4 Å². The number of hydrogen-bond acceptors (Lipinski definition) is 5. The third-order valence-electron chi connectivity index (χ3n) is 3.61. The summed E-state index contributed by atoms with van der Waals surface area (Å²) in [5.74, 6) is 0.154. The van der Waals surface area contributed by atoms with Gasteiger partial charge in [-0.1, -0.05) is 0 Å². The number of anilines is 2. The van der Waals surface area contributed by atoms with Crippen LogP contribution in [0.2, 0.25) is 0 Å². The molecule has 0 aliphatic carbocycles. The second-order valence-corrected chi connectivity index (χ2v) is 6.71. The van der Waals surface area contributed by atoms with Crippen LogP contribution < -0.4 is 10.6 Å². The lowest BCUT2D eigenvalue weighted by molar-refractivity contribution is 0.0159. The average molecular weight is 307 g/mol. The SMILES string of the molecule is C[C@@H]1CN(c2ccc(O)cc2N)CCN1C(=O)OC(C)(C)C. The van der Waals surface area contributed by atoms with Crippen LogP contribution in [0.15, 0.2) is 18.2 Å². The van der Waals surface area contributed by atoms with Crippen molar-refractivity contribution in [2.24, 2.45) is 0 Å². The summed E-state index contributed by atoms with van der Waals surface area (Å²) in [5, 5.41) is 9.44. The van der Waals surface area contributed by atoms with E-state index in [0.717, 1.165) is 5.69 Å². The molecule has 122 valence electrons. The molecule has 0 unspecified atom stereocenters. The highest BCUT2D eigenvalue weighted by Crippen LogP contribution is 2.29. The molecule has 0 saturated carbocycles. The fraction of sp³-hybridized carbons (Fsp3) is 0.562. The molecule has 1 saturated heterocycles. The normalized spacial score (nSPS) is 19.2. The zero-order chi connectivity index (χ0) is 16.5. The molecular weight excluding hydrogens is 282 g/mol. The Kier molecular flexibility index (Phi) is 4.39. The van der Waals surface area contributed by atoms with Gasteiger partial charge in [0.1, 0.15) is 11.4 Å². The summed E-state index contributed by atoms with van der Waals surface area (Å²) < 4.78 is 5.44. The Hall–Kier alpha value is -2.11. The van der Waals surface area contributed by atoms with Crippen LogP contribution >= 0.6 is 0 Å². The predicted molar refractivity (Wildman–Crippen MR) is 87.1 cm³/mol. The molecule has 0 aromatic heterocycles. The molecule has 1 heterocycles. The van der Waals surface area contributed by atoms with E-state index in [0.29, 0.717) is 25.3 Å². The van der Waals surface area contributed by atoms with Gasteiger partial charge in [-0.25, -0.2) is 4.79 Å². The van der Waals surface area contributed by atoms with Gasteiger partial charge >= 0.3 is 6.09 Å². The Morgan fingerprint density at radius 3 is 2.59 bits per heavy atom. The number of nitrogens with zero attached hydrogens (tertiary/aromatic N) is 2. The summed E-state index contributed by atoms with van der Waals surface area (Å²) in [6, 6.07) is 4.99. The maximum Gasteiger partial charge on any atom is 0.410 e. The van der Waals surface area contributed by atoms with E-state index in [1.165, 1.54) is 0 Å². The number of benzene rings is 1. The molecule has 3 N–H and O–H groups in total. The van der Waals surface area contributed by atoms with Crippen LogP contribution in [0.5, 0.6) is 5.75 Å². The fourth-order valence-electron chi connectivity index (χ4n) is 2.60. The van der Waals surface area contributed by atoms with Crippen molar-refractivity contribution in [2.45, 2.75) is 39.3 Å². The number of phenolic OH excluding ortho intramolecular Hbond substituents is 1. The van der Waals surface area contributed by atoms with Crippen LogP contribution in [0.25, 0.3) is 0 Å². The Morgan fingerprint density at radius 1 is 1.36 bits per heavy atom. The third kappa shape index (κ3) is 3.75. The Balaban J connectivity index is 2.05. The number of piperazine rings is 1. The molecular formula is C16H25N3O3. The van der Waals surface area contributed by atoms with E-state index >= 15 is 0 Å². The van der Waals surface area contributed by atoms with Crippen LogP contribution in [0.4, 0.5) is 16.2 Å². The molecule has 0 radical (unpaired) electrons. The number of rotatable bonds is 1. The van der Waals surface area contributed by atoms with Gasteiger partial charge in [0, 0.05) is 31.7 Å². The molecule has 0 bridgehead atoms. The van der Waals surface area contributed by atoms with Gasteiger partial charge in [0.2, 0.25) is 0 Å². The molecule has 1 aromatic carbocycles. The van der Waals surface area contributed by atoms with Crippen molar-refractivity contribution < 1.29 is 14.6 Å². The molecule has 1 atom stereocenters. The van der Waals surface area contributed by atoms with Crippen LogP contribution in [0.3, 0.4) is 0 Å². The van der Waals surface area contributed by atoms with Crippen molar-refractivity contribution in [1.82, 2.24) is 4.90 Å². The van der Waals surface area contributed by atoms with E-state index in [2.05, 4.69) is 4.90 Å². The van der Waals surface area contributed by atoms with Gasteiger partial charge in [-0.2, -0.15) is 0 Å². The largest absolute Gasteiger partial charge is 0.508 e. The summed E-state index contributed by atoms with van der Waals surface area (Å²) in [6.45, 7) is 9.52. The molecule has 1 aliphatic rings. The molecule has 1 aromatic rings. The van der Waals surface area contributed by atoms with Crippen molar-refractivity contribution >= 4 is 17.5 Å². The lowest BCUT2D eigenvalue weighted by Gasteiger charge is -2.41. The molecule has 6 heteroatoms. The molecule has 1 fully saturated rings. The van der Waals surface area contributed by atoms with Crippen molar-refractivity contribution in [3.63, 3.8) is 0 Å². The first-order valence-electron chi connectivity index (χ1n) is 7.50. The van der Waals surface area contributed by atoms with Gasteiger partial charge in [-0.15, -0.1) is 0 Å². The standard InChI is InChI=1S/C16H25N3O3/c1-11-10-18(14-6-5-12(20)9-13(14)17)7-8-19(11)15(21)22-16(2,3)4/h5-6,9,11,20H,7-8,10,17H2,1-4H3/t11-/m1/s1. The summed E-state index contributed by atoms with van der Waals surface area (Å²) in [7, 11) is 0. The smallest absolute Gasteiger partial charge is 0.410 e. The average Bonchev–Trinajstić information content (AvgIpc) is 2.36. The minimum Gasteiger partial charge on any atom is -0.508 e. The number of nitrogens with two attached hydrogens (primary N) is 1. The zero-order valence-corrected chi connectivity index (χ0v) is 13.7. The highest BCUT2D eigenvalue weighted by Gasteiger charge is 2.31. The number of aromatic hydroxyl groups is 1. The number of hydrogen-bond donors (Lipinski definition) is 2. The minimum absolute atomic E-state index is 0.0248. The first-order chi connectivity index (χ1) is 10.2. The molecule has 0 spiro atoms. The van der Waals surface area contributed by atoms with Gasteiger partial charge in [0.05, 0.1) is 11.4 Å². The number of amides is 1. The number of nitrogen functional groups attached to an aromatic ring is 1. The third-order valence-corrected chi connectivity index (χ3v) is 3.61. The first kappa shape index (κ1) is 16.3. The van der Waals surface area contributed by atoms with Gasteiger partial charge in [0.15, 0.2) is 0 Å². The Bertz CT molecular complexity index is 554. The number of carbonyl (C=O) groups is 1. The van der Waals surface area contributed by atoms with Crippen LogP contribution in [0, 0.1) is 0 Å². The molecule has 1 aliphatic heterocycles. The highest BCUT2D eigenvalue weighted by atomic mass is 16.6. The van der Waals surface area contributed by atoms with E-state index in [9.17, 15) is 9.90 Å². The van der Waals surface area contributed by atoms with Gasteiger partial charge in [-0.05, 0) is 39.8 Å². The summed E-state index contributed by atoms with van der Waals surface area (Å²) in [6.07, 6.45) is -0.279. The lowest BCUT2D eigenvalue weighted by Crippen LogP contribution is -2.55. The van der Waals surface area contributed by atoms with Crippen molar-refractivity contribution in [3.05, 3.63) is 18.2 Å². The van der Waals surface area contributed by atoms with Crippen LogP contribution in [-0.4, -0.2) is 47.4 Å². The predicted octanol–water partition coefficient (Wildman–Crippen LogP) is 2.42. The fourth-order valence-corrected chi connectivity index (χ4v) is 2.60. The van der Waals surface area contributed by atoms with Crippen molar-refractivity contribution in [3.8, 4) is 5.75 Å². The van der Waals surface area contributed by atoms with Gasteiger partial charge in [-0.3, -0.25) is 0 Å². The second kappa shape index (κ2) is 5.94. The molecule has 2 rings (SSSR count). The van der Waals surface area contributed by atoms with Crippen LogP contribution in [0.1, 0.15) is 27.7 Å². The minimum atomic E-state index is -0.491. The Labute approximate surface area is 131 Å². The van der Waals surface area contributed by atoms with Crippen molar-refractivity contribution in [1.29, 1.82) is 0 Å². The van der Waals surface area contributed by atoms with E-state index in [1.807, 2.05) is 27.7 Å². The van der Waals surface area contributed by atoms with E-state index < -0.39 is 5.60 Å². The van der Waals surface area contributed by atoms with Crippen molar-refractivity contribution in [2.75, 3.05) is 30.3 Å². The molecule has 22 heavy (non-hydrogen) atoms. The monoisotopic (exact) mass is 307 g/mol. The number of carbonyl (C=O) groups excluding carboxylic acids is 1. The molecule has 6 nitrogen and oxygen atoms in total. The van der Waals surface area contributed by atoms with Gasteiger partial charge in [0.25, 0.3) is 0 Å². The topological polar surface area (TPSA) is 79.0 Å². The quantitative estimate of drug-likeness (QED) is 0.779. The number of phenols is 1. The van der Waals surface area contributed by atoms with E-state index in [1.54, 1.807) is 23.1 Å². The van der Waals surface area contributed by atoms with E-state index in [-0.39, 0.29) is 17.9 Å². The maximum atomic E-state index is 12.2. The van der Waals surface area contributed by atoms with Crippen LogP contribution in [-0.2, 0) is 4.74 Å². The Morgan fingerprint density at radius 2 is 2.05 bits per heavy atom. The molecule has 1 amide bonds. The lowest BCUT2D eigenvalue weighted by atomic mass is 10.1. The second-order valence-electron chi connectivity index (χ2n) is 6.71. The van der Waals surface area contributed by atoms with E-state index in [4.69, 9.17) is 10.5 Å². The number of ether oxygens (including phenoxy) is 1. The summed E-state index contributed by atoms with van der Waals surface area (Å²) in [4.78, 5) is 16.1. The summed E-state index contributed by atoms with van der Waals surface area (Å²) in [5.41, 5.74) is 6.90.